The number of carbonyl (C=O) groups excluding carboxylic acids is 1. The molecule has 21 heavy (non-hydrogen) atoms. The second-order valence-corrected chi connectivity index (χ2v) is 5.43. The normalized spacial score (nSPS) is 14.8. The van der Waals surface area contributed by atoms with Crippen LogP contribution in [0.1, 0.15) is 0 Å². The molecule has 0 saturated carbocycles. The second kappa shape index (κ2) is 7.37. The molecule has 8 heteroatoms. The third kappa shape index (κ3) is 3.92. The molecular weight excluding hydrogens is 338 g/mol. The molecule has 0 spiro atoms. The monoisotopic (exact) mass is 355 g/mol. The van der Waals surface area contributed by atoms with Gasteiger partial charge in [-0.05, 0) is 15.9 Å². The highest BCUT2D eigenvalue weighted by atomic mass is 79.9. The highest BCUT2D eigenvalue weighted by molar-refractivity contribution is 9.10. The van der Waals surface area contributed by atoms with Crippen LogP contribution < -0.4 is 16.2 Å². The number of nitrogens with one attached hydrogen (secondary N) is 2. The molecule has 1 saturated heterocycles. The number of carbonyl (C=O) groups is 1. The van der Waals surface area contributed by atoms with Crippen LogP contribution >= 0.6 is 15.9 Å². The van der Waals surface area contributed by atoms with Gasteiger partial charge in [0.2, 0.25) is 5.91 Å². The van der Waals surface area contributed by atoms with Crippen molar-refractivity contribution in [2.24, 2.45) is 0 Å². The van der Waals surface area contributed by atoms with E-state index in [4.69, 9.17) is 0 Å². The number of hydrogen-bond acceptors (Lipinski definition) is 5. The molecule has 1 aliphatic heterocycles. The van der Waals surface area contributed by atoms with Gasteiger partial charge in [-0.15, -0.1) is 6.58 Å². The Hall–Kier alpha value is -1.67. The number of allylic oxidation sites excluding steroid dienone is 1. The molecule has 1 fully saturated rings. The van der Waals surface area contributed by atoms with Crippen molar-refractivity contribution >= 4 is 27.5 Å². The Morgan fingerprint density at radius 1 is 1.52 bits per heavy atom. The minimum atomic E-state index is -0.255. The van der Waals surface area contributed by atoms with Crippen LogP contribution in [-0.4, -0.2) is 53.3 Å². The van der Waals surface area contributed by atoms with E-state index in [2.05, 4.69) is 38.2 Å². The van der Waals surface area contributed by atoms with Gasteiger partial charge in [0.15, 0.2) is 0 Å². The molecule has 2 heterocycles. The van der Waals surface area contributed by atoms with Gasteiger partial charge in [-0.1, -0.05) is 6.08 Å². The molecule has 0 aliphatic carbocycles. The summed E-state index contributed by atoms with van der Waals surface area (Å²) in [6.45, 7) is 7.11. The van der Waals surface area contributed by atoms with E-state index in [9.17, 15) is 9.59 Å². The SMILES string of the molecule is C=CCn1ncc(NCC(=O)N2CCNCC2)c(Br)c1=O. The lowest BCUT2D eigenvalue weighted by atomic mass is 10.3. The predicted molar refractivity (Wildman–Crippen MR) is 84.3 cm³/mol. The van der Waals surface area contributed by atoms with Gasteiger partial charge in [0, 0.05) is 26.2 Å². The number of piperazine rings is 1. The topological polar surface area (TPSA) is 79.3 Å². The zero-order valence-electron chi connectivity index (χ0n) is 11.6. The van der Waals surface area contributed by atoms with Gasteiger partial charge in [0.1, 0.15) is 4.47 Å². The molecule has 1 aromatic heterocycles. The first-order valence-electron chi connectivity index (χ1n) is 6.72. The standard InChI is InChI=1S/C13H18BrN5O2/c1-2-5-19-13(21)12(14)10(8-17-19)16-9-11(20)18-6-3-15-4-7-18/h2,8,15-16H,1,3-7,9H2. The van der Waals surface area contributed by atoms with Crippen molar-refractivity contribution in [1.82, 2.24) is 20.0 Å². The van der Waals surface area contributed by atoms with Crippen molar-refractivity contribution in [1.29, 1.82) is 0 Å². The summed E-state index contributed by atoms with van der Waals surface area (Å²) in [6, 6.07) is 0. The summed E-state index contributed by atoms with van der Waals surface area (Å²) in [5.41, 5.74) is 0.262. The van der Waals surface area contributed by atoms with E-state index in [1.807, 2.05) is 0 Å². The molecule has 2 rings (SSSR count). The average molecular weight is 356 g/mol. The summed E-state index contributed by atoms with van der Waals surface area (Å²) >= 11 is 3.24. The Labute approximate surface area is 131 Å². The van der Waals surface area contributed by atoms with Crippen molar-refractivity contribution in [3.05, 3.63) is 33.7 Å². The molecule has 114 valence electrons. The second-order valence-electron chi connectivity index (χ2n) is 4.63. The number of aromatic nitrogens is 2. The van der Waals surface area contributed by atoms with Crippen LogP contribution in [0.2, 0.25) is 0 Å². The predicted octanol–water partition coefficient (Wildman–Crippen LogP) is 0.0355. The fourth-order valence-electron chi connectivity index (χ4n) is 2.04. The number of amides is 1. The molecule has 0 radical (unpaired) electrons. The van der Waals surface area contributed by atoms with Crippen molar-refractivity contribution in [2.75, 3.05) is 38.0 Å². The summed E-state index contributed by atoms with van der Waals surface area (Å²) in [6.07, 6.45) is 3.13. The maximum Gasteiger partial charge on any atom is 0.283 e. The molecule has 7 nitrogen and oxygen atoms in total. The molecule has 1 aromatic rings. The van der Waals surface area contributed by atoms with Gasteiger partial charge in [0.25, 0.3) is 5.56 Å². The third-order valence-corrected chi connectivity index (χ3v) is 3.95. The van der Waals surface area contributed by atoms with Crippen LogP contribution in [0, 0.1) is 0 Å². The van der Waals surface area contributed by atoms with E-state index < -0.39 is 0 Å². The van der Waals surface area contributed by atoms with E-state index in [1.165, 1.54) is 10.9 Å². The molecule has 0 atom stereocenters. The van der Waals surface area contributed by atoms with Crippen molar-refractivity contribution in [2.45, 2.75) is 6.54 Å². The molecular formula is C13H18BrN5O2. The fourth-order valence-corrected chi connectivity index (χ4v) is 2.48. The quantitative estimate of drug-likeness (QED) is 0.729. The molecule has 1 amide bonds. The maximum absolute atomic E-state index is 12.0. The van der Waals surface area contributed by atoms with E-state index in [-0.39, 0.29) is 18.0 Å². The maximum atomic E-state index is 12.0. The first kappa shape index (κ1) is 15.7. The van der Waals surface area contributed by atoms with Crippen LogP contribution in [0.4, 0.5) is 5.69 Å². The minimum Gasteiger partial charge on any atom is -0.374 e. The van der Waals surface area contributed by atoms with Gasteiger partial charge < -0.3 is 15.5 Å². The number of anilines is 1. The Morgan fingerprint density at radius 2 is 2.24 bits per heavy atom. The molecule has 2 N–H and O–H groups in total. The Kier molecular flexibility index (Phi) is 5.51. The lowest BCUT2D eigenvalue weighted by molar-refractivity contribution is -0.129. The first-order chi connectivity index (χ1) is 10.1. The molecule has 0 bridgehead atoms. The number of nitrogens with zero attached hydrogens (tertiary/aromatic N) is 3. The molecule has 0 aromatic carbocycles. The summed E-state index contributed by atoms with van der Waals surface area (Å²) < 4.78 is 1.66. The summed E-state index contributed by atoms with van der Waals surface area (Å²) in [7, 11) is 0. The highest BCUT2D eigenvalue weighted by Crippen LogP contribution is 2.15. The first-order valence-corrected chi connectivity index (χ1v) is 7.51. The van der Waals surface area contributed by atoms with Crippen molar-refractivity contribution in [3.8, 4) is 0 Å². The third-order valence-electron chi connectivity index (χ3n) is 3.19. The van der Waals surface area contributed by atoms with E-state index in [1.54, 1.807) is 11.0 Å². The van der Waals surface area contributed by atoms with Crippen LogP contribution in [0.5, 0.6) is 0 Å². The summed E-state index contributed by atoms with van der Waals surface area (Å²) in [5.74, 6) is 0.0127. The van der Waals surface area contributed by atoms with Gasteiger partial charge in [-0.25, -0.2) is 4.68 Å². The summed E-state index contributed by atoms with van der Waals surface area (Å²) in [5, 5.41) is 10.2. The van der Waals surface area contributed by atoms with Gasteiger partial charge >= 0.3 is 0 Å². The van der Waals surface area contributed by atoms with Gasteiger partial charge in [-0.2, -0.15) is 5.10 Å². The zero-order chi connectivity index (χ0) is 15.2. The van der Waals surface area contributed by atoms with Gasteiger partial charge in [-0.3, -0.25) is 9.59 Å². The van der Waals surface area contributed by atoms with Crippen LogP contribution in [0.3, 0.4) is 0 Å². The lowest BCUT2D eigenvalue weighted by Crippen LogP contribution is -2.48. The number of rotatable bonds is 5. The van der Waals surface area contributed by atoms with E-state index >= 15 is 0 Å². The zero-order valence-corrected chi connectivity index (χ0v) is 13.2. The average Bonchev–Trinajstić information content (AvgIpc) is 2.52. The Bertz CT molecular complexity index is 580. The largest absolute Gasteiger partial charge is 0.374 e. The summed E-state index contributed by atoms with van der Waals surface area (Å²) in [4.78, 5) is 25.8. The Morgan fingerprint density at radius 3 is 2.90 bits per heavy atom. The van der Waals surface area contributed by atoms with Crippen molar-refractivity contribution < 1.29 is 4.79 Å². The smallest absolute Gasteiger partial charge is 0.283 e. The van der Waals surface area contributed by atoms with Crippen LogP contribution in [0.25, 0.3) is 0 Å². The van der Waals surface area contributed by atoms with E-state index in [0.29, 0.717) is 29.8 Å². The van der Waals surface area contributed by atoms with Crippen LogP contribution in [0.15, 0.2) is 28.1 Å². The molecule has 0 unspecified atom stereocenters. The highest BCUT2D eigenvalue weighted by Gasteiger charge is 2.16. The molecule has 1 aliphatic rings. The van der Waals surface area contributed by atoms with Crippen molar-refractivity contribution in [3.63, 3.8) is 0 Å². The number of halogens is 1. The Balaban J connectivity index is 1.99. The minimum absolute atomic E-state index is 0.0127. The van der Waals surface area contributed by atoms with Gasteiger partial charge in [0.05, 0.1) is 25.0 Å². The van der Waals surface area contributed by atoms with Crippen LogP contribution in [-0.2, 0) is 11.3 Å². The van der Waals surface area contributed by atoms with E-state index in [0.717, 1.165) is 13.1 Å². The fraction of sp³-hybridized carbons (Fsp3) is 0.462. The lowest BCUT2D eigenvalue weighted by Gasteiger charge is -2.27. The number of hydrogen-bond donors (Lipinski definition) is 2.